The number of carboxylic acids is 1. The molecule has 1 aromatic heterocycles. The molecule has 0 radical (unpaired) electrons. The third kappa shape index (κ3) is 4.40. The minimum Gasteiger partial charge on any atom is -0.481 e. The first-order valence-electron chi connectivity index (χ1n) is 9.42. The van der Waals surface area contributed by atoms with Gasteiger partial charge >= 0.3 is 12.1 Å². The second-order valence-electron chi connectivity index (χ2n) is 8.35. The molecule has 0 bridgehead atoms. The lowest BCUT2D eigenvalue weighted by Gasteiger charge is -2.19. The summed E-state index contributed by atoms with van der Waals surface area (Å²) in [5.41, 5.74) is 0.994. The first-order chi connectivity index (χ1) is 13.9. The van der Waals surface area contributed by atoms with Gasteiger partial charge in [0, 0.05) is 29.1 Å². The number of rotatable bonds is 5. The number of Topliss-reactive ketones (excluding diaryl/α,β-unsaturated/α-hetero) is 1. The van der Waals surface area contributed by atoms with Gasteiger partial charge in [0.1, 0.15) is 0 Å². The minimum absolute atomic E-state index is 0.0789. The fourth-order valence-corrected chi connectivity index (χ4v) is 3.40. The van der Waals surface area contributed by atoms with Gasteiger partial charge in [-0.05, 0) is 28.7 Å². The van der Waals surface area contributed by atoms with E-state index in [1.54, 1.807) is 12.1 Å². The van der Waals surface area contributed by atoms with E-state index in [1.807, 2.05) is 32.9 Å². The van der Waals surface area contributed by atoms with Crippen molar-refractivity contribution in [2.24, 2.45) is 0 Å². The molecule has 0 saturated heterocycles. The van der Waals surface area contributed by atoms with Crippen molar-refractivity contribution in [1.82, 2.24) is 4.98 Å². The summed E-state index contributed by atoms with van der Waals surface area (Å²) in [5.74, 6) is -2.73. The van der Waals surface area contributed by atoms with Crippen LogP contribution in [0.25, 0.3) is 10.9 Å². The largest absolute Gasteiger partial charge is 0.481 e. The van der Waals surface area contributed by atoms with Gasteiger partial charge in [-0.2, -0.15) is 13.2 Å². The van der Waals surface area contributed by atoms with Crippen LogP contribution in [0.4, 0.5) is 13.2 Å². The van der Waals surface area contributed by atoms with Crippen LogP contribution in [0.15, 0.2) is 48.7 Å². The summed E-state index contributed by atoms with van der Waals surface area (Å²) >= 11 is 0. The standard InChI is InChI=1S/C23H22F3NO3/c1-22(2,3)14-6-4-13(5-7-14)20(28)11-17(21(29)30)18-12-27-19-10-15(23(24,25)26)8-9-16(18)19/h4-10,12,17,27H,11H2,1-3H3,(H,29,30). The third-order valence-electron chi connectivity index (χ3n) is 5.18. The Morgan fingerprint density at radius 2 is 1.60 bits per heavy atom. The second-order valence-corrected chi connectivity index (χ2v) is 8.35. The fraction of sp³-hybridized carbons (Fsp3) is 0.304. The number of aliphatic carboxylic acids is 1. The van der Waals surface area contributed by atoms with Crippen LogP contribution < -0.4 is 0 Å². The van der Waals surface area contributed by atoms with Gasteiger partial charge in [0.2, 0.25) is 0 Å². The normalized spacial score (nSPS) is 13.4. The van der Waals surface area contributed by atoms with Gasteiger partial charge in [-0.1, -0.05) is 51.1 Å². The Kier molecular flexibility index (Phi) is 5.50. The van der Waals surface area contributed by atoms with Crippen LogP contribution in [0, 0.1) is 0 Å². The van der Waals surface area contributed by atoms with E-state index < -0.39 is 23.6 Å². The average Bonchev–Trinajstić information content (AvgIpc) is 3.07. The van der Waals surface area contributed by atoms with Crippen LogP contribution in [-0.4, -0.2) is 21.8 Å². The van der Waals surface area contributed by atoms with Crippen molar-refractivity contribution < 1.29 is 27.9 Å². The minimum atomic E-state index is -4.50. The number of alkyl halides is 3. The Hall–Kier alpha value is -3.09. The number of hydrogen-bond acceptors (Lipinski definition) is 2. The summed E-state index contributed by atoms with van der Waals surface area (Å²) in [6.45, 7) is 6.14. The Balaban J connectivity index is 1.89. The Labute approximate surface area is 171 Å². The SMILES string of the molecule is CC(C)(C)c1ccc(C(=O)CC(C(=O)O)c2c[nH]c3cc(C(F)(F)F)ccc23)cc1. The lowest BCUT2D eigenvalue weighted by atomic mass is 9.85. The van der Waals surface area contributed by atoms with E-state index in [2.05, 4.69) is 4.98 Å². The molecule has 4 nitrogen and oxygen atoms in total. The van der Waals surface area contributed by atoms with Crippen molar-refractivity contribution in [3.05, 3.63) is 70.9 Å². The predicted octanol–water partition coefficient (Wildman–Crippen LogP) is 5.93. The summed E-state index contributed by atoms with van der Waals surface area (Å²) in [4.78, 5) is 27.3. The van der Waals surface area contributed by atoms with E-state index in [1.165, 1.54) is 12.3 Å². The maximum atomic E-state index is 12.9. The molecule has 0 fully saturated rings. The monoisotopic (exact) mass is 417 g/mol. The van der Waals surface area contributed by atoms with E-state index in [-0.39, 0.29) is 28.7 Å². The fourth-order valence-electron chi connectivity index (χ4n) is 3.40. The maximum absolute atomic E-state index is 12.9. The van der Waals surface area contributed by atoms with Crippen LogP contribution in [-0.2, 0) is 16.4 Å². The van der Waals surface area contributed by atoms with Crippen LogP contribution in [0.5, 0.6) is 0 Å². The van der Waals surface area contributed by atoms with Crippen LogP contribution >= 0.6 is 0 Å². The molecule has 3 rings (SSSR count). The third-order valence-corrected chi connectivity index (χ3v) is 5.18. The lowest BCUT2D eigenvalue weighted by molar-refractivity contribution is -0.139. The predicted molar refractivity (Wildman–Crippen MR) is 108 cm³/mol. The zero-order chi connectivity index (χ0) is 22.3. The van der Waals surface area contributed by atoms with E-state index in [4.69, 9.17) is 0 Å². The van der Waals surface area contributed by atoms with Gasteiger partial charge in [0.05, 0.1) is 11.5 Å². The number of fused-ring (bicyclic) bond motifs is 1. The number of nitrogens with one attached hydrogen (secondary N) is 1. The number of carbonyl (C=O) groups excluding carboxylic acids is 1. The van der Waals surface area contributed by atoms with E-state index in [0.29, 0.717) is 10.9 Å². The van der Waals surface area contributed by atoms with E-state index in [9.17, 15) is 27.9 Å². The number of benzene rings is 2. The average molecular weight is 417 g/mol. The first kappa shape index (κ1) is 21.6. The number of carboxylic acid groups (broad SMARTS) is 1. The van der Waals surface area contributed by atoms with E-state index >= 15 is 0 Å². The summed E-state index contributed by atoms with van der Waals surface area (Å²) in [6.07, 6.45) is -3.43. The molecule has 2 N–H and O–H groups in total. The van der Waals surface area contributed by atoms with Gasteiger partial charge < -0.3 is 10.1 Å². The highest BCUT2D eigenvalue weighted by Crippen LogP contribution is 2.35. The molecule has 1 heterocycles. The van der Waals surface area contributed by atoms with Gasteiger partial charge in [-0.25, -0.2) is 0 Å². The van der Waals surface area contributed by atoms with Crippen molar-refractivity contribution in [2.45, 2.75) is 44.7 Å². The van der Waals surface area contributed by atoms with Gasteiger partial charge in [-0.3, -0.25) is 9.59 Å². The number of halogens is 3. The number of carbonyl (C=O) groups is 2. The zero-order valence-corrected chi connectivity index (χ0v) is 16.8. The summed E-state index contributed by atoms with van der Waals surface area (Å²) in [6, 6.07) is 10.1. The van der Waals surface area contributed by atoms with Crippen molar-refractivity contribution in [3.8, 4) is 0 Å². The molecule has 7 heteroatoms. The molecule has 158 valence electrons. The van der Waals surface area contributed by atoms with Gasteiger partial charge in [0.25, 0.3) is 0 Å². The van der Waals surface area contributed by atoms with Crippen LogP contribution in [0.2, 0.25) is 0 Å². The molecular weight excluding hydrogens is 395 g/mol. The number of aromatic amines is 1. The Morgan fingerprint density at radius 1 is 1.00 bits per heavy atom. The molecular formula is C23H22F3NO3. The molecule has 0 amide bonds. The molecule has 2 aromatic carbocycles. The van der Waals surface area contributed by atoms with Crippen LogP contribution in [0.1, 0.15) is 60.2 Å². The zero-order valence-electron chi connectivity index (χ0n) is 16.8. The highest BCUT2D eigenvalue weighted by atomic mass is 19.4. The molecule has 30 heavy (non-hydrogen) atoms. The van der Waals surface area contributed by atoms with Crippen molar-refractivity contribution in [3.63, 3.8) is 0 Å². The highest BCUT2D eigenvalue weighted by Gasteiger charge is 2.32. The van der Waals surface area contributed by atoms with Gasteiger partial charge in [-0.15, -0.1) is 0 Å². The molecule has 1 unspecified atom stereocenters. The summed E-state index contributed by atoms with van der Waals surface area (Å²) < 4.78 is 38.8. The highest BCUT2D eigenvalue weighted by molar-refractivity contribution is 6.00. The second kappa shape index (κ2) is 7.63. The quantitative estimate of drug-likeness (QED) is 0.506. The molecule has 3 aromatic rings. The summed E-state index contributed by atoms with van der Waals surface area (Å²) in [7, 11) is 0. The first-order valence-corrected chi connectivity index (χ1v) is 9.42. The van der Waals surface area contributed by atoms with E-state index in [0.717, 1.165) is 17.7 Å². The number of aromatic nitrogens is 1. The Bertz CT molecular complexity index is 1090. The molecule has 0 spiro atoms. The smallest absolute Gasteiger partial charge is 0.416 e. The van der Waals surface area contributed by atoms with Crippen molar-refractivity contribution in [1.29, 1.82) is 0 Å². The van der Waals surface area contributed by atoms with Crippen LogP contribution in [0.3, 0.4) is 0 Å². The molecule has 1 atom stereocenters. The number of hydrogen-bond donors (Lipinski definition) is 2. The molecule has 0 aliphatic rings. The lowest BCUT2D eigenvalue weighted by Crippen LogP contribution is -2.16. The topological polar surface area (TPSA) is 70.2 Å². The molecule has 0 aliphatic heterocycles. The number of H-pyrrole nitrogens is 1. The van der Waals surface area contributed by atoms with Crippen molar-refractivity contribution >= 4 is 22.7 Å². The summed E-state index contributed by atoms with van der Waals surface area (Å²) in [5, 5.41) is 10.0. The van der Waals surface area contributed by atoms with Gasteiger partial charge in [0.15, 0.2) is 5.78 Å². The molecule has 0 saturated carbocycles. The molecule has 0 aliphatic carbocycles. The maximum Gasteiger partial charge on any atom is 0.416 e. The Morgan fingerprint density at radius 3 is 2.13 bits per heavy atom. The van der Waals surface area contributed by atoms with Crippen molar-refractivity contribution in [2.75, 3.05) is 0 Å². The number of ketones is 1.